The number of carbonyl (C=O) groups excluding carboxylic acids is 1. The summed E-state index contributed by atoms with van der Waals surface area (Å²) in [5, 5.41) is 5.18. The number of ether oxygens (including phenoxy) is 1. The third-order valence-corrected chi connectivity index (χ3v) is 4.40. The Hall–Kier alpha value is -2.81. The Kier molecular flexibility index (Phi) is 5.34. The lowest BCUT2D eigenvalue weighted by molar-refractivity contribution is 0.0935. The highest BCUT2D eigenvalue weighted by molar-refractivity contribution is 6.01. The summed E-state index contributed by atoms with van der Waals surface area (Å²) < 4.78 is 5.42. The van der Waals surface area contributed by atoms with Crippen LogP contribution in [0.3, 0.4) is 0 Å². The Balaban J connectivity index is 1.70. The molecule has 3 nitrogen and oxygen atoms in total. The first kappa shape index (κ1) is 17.0. The number of carbonyl (C=O) groups is 1. The monoisotopic (exact) mass is 333 g/mol. The molecule has 3 rings (SSSR count). The van der Waals surface area contributed by atoms with Gasteiger partial charge >= 0.3 is 0 Å². The van der Waals surface area contributed by atoms with Gasteiger partial charge in [0.15, 0.2) is 0 Å². The summed E-state index contributed by atoms with van der Waals surface area (Å²) in [6.07, 6.45) is 1.84. The molecule has 0 bridgehead atoms. The summed E-state index contributed by atoms with van der Waals surface area (Å²) in [6.45, 7) is 2.04. The van der Waals surface area contributed by atoms with Crippen LogP contribution in [0.1, 0.15) is 29.3 Å². The van der Waals surface area contributed by atoms with Gasteiger partial charge in [0.05, 0.1) is 12.7 Å². The molecule has 1 amide bonds. The third-order valence-electron chi connectivity index (χ3n) is 4.40. The molecular formula is C22H23NO2. The molecule has 0 spiro atoms. The highest BCUT2D eigenvalue weighted by Crippen LogP contribution is 2.26. The number of hydrogen-bond donors (Lipinski definition) is 1. The van der Waals surface area contributed by atoms with Crippen LogP contribution in [0.15, 0.2) is 66.7 Å². The first-order chi connectivity index (χ1) is 12.2. The smallest absolute Gasteiger partial charge is 0.255 e. The topological polar surface area (TPSA) is 38.3 Å². The minimum Gasteiger partial charge on any atom is -0.496 e. The predicted octanol–water partition coefficient (Wildman–Crippen LogP) is 4.60. The number of benzene rings is 3. The number of fused-ring (bicyclic) bond motifs is 1. The number of amides is 1. The molecule has 0 radical (unpaired) electrons. The van der Waals surface area contributed by atoms with Gasteiger partial charge in [-0.25, -0.2) is 0 Å². The second-order valence-electron chi connectivity index (χ2n) is 6.30. The second-order valence-corrected chi connectivity index (χ2v) is 6.30. The predicted molar refractivity (Wildman–Crippen MR) is 102 cm³/mol. The molecule has 0 aromatic heterocycles. The third kappa shape index (κ3) is 4.18. The summed E-state index contributed by atoms with van der Waals surface area (Å²) in [5.74, 6) is 0.509. The molecule has 0 unspecified atom stereocenters. The molecule has 0 aliphatic carbocycles. The molecule has 128 valence electrons. The molecule has 0 fully saturated rings. The SMILES string of the molecule is COc1cc2ccccc2cc1C(=O)N[C@@H](C)CCc1ccccc1. The van der Waals surface area contributed by atoms with E-state index in [1.165, 1.54) is 5.56 Å². The maximum Gasteiger partial charge on any atom is 0.255 e. The lowest BCUT2D eigenvalue weighted by Gasteiger charge is -2.16. The van der Waals surface area contributed by atoms with E-state index in [2.05, 4.69) is 17.4 Å². The fraction of sp³-hybridized carbons (Fsp3) is 0.227. The van der Waals surface area contributed by atoms with Crippen molar-refractivity contribution in [3.63, 3.8) is 0 Å². The van der Waals surface area contributed by atoms with Gasteiger partial charge in [-0.1, -0.05) is 54.6 Å². The van der Waals surface area contributed by atoms with Gasteiger partial charge in [-0.05, 0) is 48.2 Å². The van der Waals surface area contributed by atoms with Crippen molar-refractivity contribution in [3.05, 3.63) is 77.9 Å². The van der Waals surface area contributed by atoms with Crippen molar-refractivity contribution in [2.75, 3.05) is 7.11 Å². The van der Waals surface area contributed by atoms with Crippen LogP contribution in [-0.4, -0.2) is 19.1 Å². The molecule has 0 heterocycles. The van der Waals surface area contributed by atoms with Gasteiger partial charge < -0.3 is 10.1 Å². The zero-order chi connectivity index (χ0) is 17.6. The number of rotatable bonds is 6. The summed E-state index contributed by atoms with van der Waals surface area (Å²) in [4.78, 5) is 12.7. The lowest BCUT2D eigenvalue weighted by Crippen LogP contribution is -2.33. The average molecular weight is 333 g/mol. The maximum absolute atomic E-state index is 12.7. The van der Waals surface area contributed by atoms with Gasteiger partial charge in [0.1, 0.15) is 5.75 Å². The maximum atomic E-state index is 12.7. The van der Waals surface area contributed by atoms with E-state index in [1.54, 1.807) is 7.11 Å². The second kappa shape index (κ2) is 7.84. The first-order valence-electron chi connectivity index (χ1n) is 8.59. The van der Waals surface area contributed by atoms with E-state index in [4.69, 9.17) is 4.74 Å². The van der Waals surface area contributed by atoms with E-state index < -0.39 is 0 Å². The van der Waals surface area contributed by atoms with Crippen LogP contribution >= 0.6 is 0 Å². The quantitative estimate of drug-likeness (QED) is 0.716. The molecule has 3 aromatic carbocycles. The summed E-state index contributed by atoms with van der Waals surface area (Å²) >= 11 is 0. The van der Waals surface area contributed by atoms with E-state index in [0.29, 0.717) is 11.3 Å². The van der Waals surface area contributed by atoms with E-state index in [1.807, 2.05) is 61.5 Å². The highest BCUT2D eigenvalue weighted by Gasteiger charge is 2.15. The molecule has 3 heteroatoms. The molecule has 25 heavy (non-hydrogen) atoms. The highest BCUT2D eigenvalue weighted by atomic mass is 16.5. The largest absolute Gasteiger partial charge is 0.496 e. The summed E-state index contributed by atoms with van der Waals surface area (Å²) in [6, 6.07) is 22.2. The van der Waals surface area contributed by atoms with Crippen molar-refractivity contribution >= 4 is 16.7 Å². The van der Waals surface area contributed by atoms with Crippen LogP contribution < -0.4 is 10.1 Å². The Bertz CT molecular complexity index is 858. The Morgan fingerprint density at radius 3 is 2.32 bits per heavy atom. The van der Waals surface area contributed by atoms with E-state index in [-0.39, 0.29) is 11.9 Å². The number of nitrogens with one attached hydrogen (secondary N) is 1. The van der Waals surface area contributed by atoms with Crippen molar-refractivity contribution in [2.24, 2.45) is 0 Å². The fourth-order valence-corrected chi connectivity index (χ4v) is 2.97. The molecule has 0 aliphatic rings. The zero-order valence-corrected chi connectivity index (χ0v) is 14.7. The molecule has 0 aliphatic heterocycles. The summed E-state index contributed by atoms with van der Waals surface area (Å²) in [7, 11) is 1.60. The number of hydrogen-bond acceptors (Lipinski definition) is 2. The number of aryl methyl sites for hydroxylation is 1. The number of methoxy groups -OCH3 is 1. The van der Waals surface area contributed by atoms with Gasteiger partial charge in [-0.15, -0.1) is 0 Å². The average Bonchev–Trinajstić information content (AvgIpc) is 2.66. The van der Waals surface area contributed by atoms with Crippen molar-refractivity contribution < 1.29 is 9.53 Å². The Morgan fingerprint density at radius 2 is 1.64 bits per heavy atom. The van der Waals surface area contributed by atoms with Crippen LogP contribution in [0.5, 0.6) is 5.75 Å². The molecule has 1 atom stereocenters. The standard InChI is InChI=1S/C22H23NO2/c1-16(12-13-17-8-4-3-5-9-17)23-22(24)20-14-18-10-6-7-11-19(18)15-21(20)25-2/h3-11,14-16H,12-13H2,1-2H3,(H,23,24)/t16-/m0/s1. The minimum atomic E-state index is -0.0943. The zero-order valence-electron chi connectivity index (χ0n) is 14.7. The van der Waals surface area contributed by atoms with Crippen LogP contribution in [0.2, 0.25) is 0 Å². The normalized spacial score (nSPS) is 11.9. The van der Waals surface area contributed by atoms with E-state index >= 15 is 0 Å². The van der Waals surface area contributed by atoms with Gasteiger partial charge in [0, 0.05) is 6.04 Å². The van der Waals surface area contributed by atoms with Crippen molar-refractivity contribution in [1.29, 1.82) is 0 Å². The molecule has 0 saturated carbocycles. The lowest BCUT2D eigenvalue weighted by atomic mass is 10.0. The van der Waals surface area contributed by atoms with Crippen LogP contribution in [-0.2, 0) is 6.42 Å². The van der Waals surface area contributed by atoms with Crippen molar-refractivity contribution in [3.8, 4) is 5.75 Å². The van der Waals surface area contributed by atoms with Gasteiger partial charge in [0.25, 0.3) is 5.91 Å². The van der Waals surface area contributed by atoms with Gasteiger partial charge in [-0.2, -0.15) is 0 Å². The molecule has 3 aromatic rings. The molecular weight excluding hydrogens is 310 g/mol. The van der Waals surface area contributed by atoms with Crippen LogP contribution in [0.4, 0.5) is 0 Å². The molecule has 1 N–H and O–H groups in total. The van der Waals surface area contributed by atoms with Crippen molar-refractivity contribution in [1.82, 2.24) is 5.32 Å². The van der Waals surface area contributed by atoms with E-state index in [9.17, 15) is 4.79 Å². The fourth-order valence-electron chi connectivity index (χ4n) is 2.97. The molecule has 0 saturated heterocycles. The van der Waals surface area contributed by atoms with Crippen LogP contribution in [0, 0.1) is 0 Å². The first-order valence-corrected chi connectivity index (χ1v) is 8.59. The van der Waals surface area contributed by atoms with E-state index in [0.717, 1.165) is 23.6 Å². The van der Waals surface area contributed by atoms with Gasteiger partial charge in [-0.3, -0.25) is 4.79 Å². The van der Waals surface area contributed by atoms with Gasteiger partial charge in [0.2, 0.25) is 0 Å². The van der Waals surface area contributed by atoms with Crippen LogP contribution in [0.25, 0.3) is 10.8 Å². The minimum absolute atomic E-state index is 0.0869. The Labute approximate surface area is 148 Å². The Morgan fingerprint density at radius 1 is 1.00 bits per heavy atom. The van der Waals surface area contributed by atoms with Crippen molar-refractivity contribution in [2.45, 2.75) is 25.8 Å². The summed E-state index contributed by atoms with van der Waals surface area (Å²) in [5.41, 5.74) is 1.86.